The van der Waals surface area contributed by atoms with Gasteiger partial charge in [0.05, 0.1) is 5.92 Å². The number of ether oxygens (including phenoxy) is 2. The zero-order valence-electron chi connectivity index (χ0n) is 11.0. The molecule has 1 saturated heterocycles. The van der Waals surface area contributed by atoms with Gasteiger partial charge in [0.15, 0.2) is 11.5 Å². The van der Waals surface area contributed by atoms with Gasteiger partial charge in [0.1, 0.15) is 13.2 Å². The van der Waals surface area contributed by atoms with Gasteiger partial charge in [-0.05, 0) is 18.6 Å². The SMILES string of the molecule is O=C1CCC(C(=O)Nc2ccc3c(c2)OCCO3)CN1. The van der Waals surface area contributed by atoms with Gasteiger partial charge in [-0.15, -0.1) is 0 Å². The second kappa shape index (κ2) is 5.40. The molecule has 1 aromatic rings. The van der Waals surface area contributed by atoms with E-state index >= 15 is 0 Å². The van der Waals surface area contributed by atoms with E-state index < -0.39 is 0 Å². The van der Waals surface area contributed by atoms with Crippen molar-refractivity contribution < 1.29 is 19.1 Å². The van der Waals surface area contributed by atoms with E-state index in [1.54, 1.807) is 18.2 Å². The summed E-state index contributed by atoms with van der Waals surface area (Å²) in [4.78, 5) is 23.2. The first-order valence-corrected chi connectivity index (χ1v) is 6.69. The molecular formula is C14H16N2O4. The minimum Gasteiger partial charge on any atom is -0.486 e. The van der Waals surface area contributed by atoms with E-state index in [2.05, 4.69) is 10.6 Å². The fourth-order valence-corrected chi connectivity index (χ4v) is 2.32. The maximum Gasteiger partial charge on any atom is 0.229 e. The normalized spacial score (nSPS) is 21.0. The number of hydrogen-bond donors (Lipinski definition) is 2. The average Bonchev–Trinajstić information content (AvgIpc) is 2.48. The quantitative estimate of drug-likeness (QED) is 0.842. The second-order valence-electron chi connectivity index (χ2n) is 4.89. The fraction of sp³-hybridized carbons (Fsp3) is 0.429. The third kappa shape index (κ3) is 2.68. The molecular weight excluding hydrogens is 260 g/mol. The van der Waals surface area contributed by atoms with Gasteiger partial charge >= 0.3 is 0 Å². The summed E-state index contributed by atoms with van der Waals surface area (Å²) in [5.74, 6) is 1.08. The average molecular weight is 276 g/mol. The van der Waals surface area contributed by atoms with E-state index in [9.17, 15) is 9.59 Å². The number of anilines is 1. The van der Waals surface area contributed by atoms with E-state index in [0.717, 1.165) is 0 Å². The summed E-state index contributed by atoms with van der Waals surface area (Å²) in [6.07, 6.45) is 0.988. The molecule has 0 bridgehead atoms. The van der Waals surface area contributed by atoms with E-state index in [1.807, 2.05) is 0 Å². The fourth-order valence-electron chi connectivity index (χ4n) is 2.32. The van der Waals surface area contributed by atoms with Crippen LogP contribution in [0.1, 0.15) is 12.8 Å². The minimum absolute atomic E-state index is 0.00776. The summed E-state index contributed by atoms with van der Waals surface area (Å²) < 4.78 is 10.9. The molecule has 0 saturated carbocycles. The summed E-state index contributed by atoms with van der Waals surface area (Å²) >= 11 is 0. The lowest BCUT2D eigenvalue weighted by Crippen LogP contribution is -2.40. The van der Waals surface area contributed by atoms with Crippen LogP contribution in [0.15, 0.2) is 18.2 Å². The van der Waals surface area contributed by atoms with Crippen LogP contribution in [0.5, 0.6) is 11.5 Å². The first-order valence-electron chi connectivity index (χ1n) is 6.69. The van der Waals surface area contributed by atoms with Gasteiger partial charge in [-0.3, -0.25) is 9.59 Å². The Labute approximate surface area is 116 Å². The molecule has 2 heterocycles. The Kier molecular flexibility index (Phi) is 3.45. The maximum absolute atomic E-state index is 12.1. The molecule has 1 atom stereocenters. The number of nitrogens with one attached hydrogen (secondary N) is 2. The Morgan fingerprint density at radius 3 is 2.80 bits per heavy atom. The molecule has 20 heavy (non-hydrogen) atoms. The van der Waals surface area contributed by atoms with Gasteiger partial charge in [0.2, 0.25) is 11.8 Å². The van der Waals surface area contributed by atoms with Crippen LogP contribution in [0.3, 0.4) is 0 Å². The standard InChI is InChI=1S/C14H16N2O4/c17-13-4-1-9(8-15-13)14(18)16-10-2-3-11-12(7-10)20-6-5-19-11/h2-3,7,9H,1,4-6,8H2,(H,15,17)(H,16,18). The summed E-state index contributed by atoms with van der Waals surface area (Å²) in [5.41, 5.74) is 0.677. The maximum atomic E-state index is 12.1. The van der Waals surface area contributed by atoms with E-state index in [1.165, 1.54) is 0 Å². The van der Waals surface area contributed by atoms with E-state index in [-0.39, 0.29) is 17.7 Å². The number of hydrogen-bond acceptors (Lipinski definition) is 4. The van der Waals surface area contributed by atoms with Gasteiger partial charge in [0.25, 0.3) is 0 Å². The monoisotopic (exact) mass is 276 g/mol. The molecule has 1 unspecified atom stereocenters. The van der Waals surface area contributed by atoms with Gasteiger partial charge in [-0.25, -0.2) is 0 Å². The molecule has 6 heteroatoms. The molecule has 2 aliphatic heterocycles. The van der Waals surface area contributed by atoms with Crippen LogP contribution in [0.25, 0.3) is 0 Å². The van der Waals surface area contributed by atoms with Crippen LogP contribution in [0.4, 0.5) is 5.69 Å². The molecule has 3 rings (SSSR count). The zero-order valence-corrected chi connectivity index (χ0v) is 11.0. The molecule has 6 nitrogen and oxygen atoms in total. The molecule has 2 aliphatic rings. The number of carbonyl (C=O) groups is 2. The molecule has 2 N–H and O–H groups in total. The zero-order chi connectivity index (χ0) is 13.9. The first-order chi connectivity index (χ1) is 9.72. The summed E-state index contributed by atoms with van der Waals surface area (Å²) in [5, 5.41) is 5.56. The highest BCUT2D eigenvalue weighted by Crippen LogP contribution is 2.32. The van der Waals surface area contributed by atoms with Crippen LogP contribution in [-0.2, 0) is 9.59 Å². The molecule has 0 spiro atoms. The van der Waals surface area contributed by atoms with Gasteiger partial charge in [0, 0.05) is 24.7 Å². The van der Waals surface area contributed by atoms with Crippen LogP contribution in [0, 0.1) is 5.92 Å². The Hall–Kier alpha value is -2.24. The predicted octanol–water partition coefficient (Wildman–Crippen LogP) is 0.922. The molecule has 1 fully saturated rings. The highest BCUT2D eigenvalue weighted by molar-refractivity contribution is 5.94. The molecule has 0 aromatic heterocycles. The first kappa shape index (κ1) is 12.8. The summed E-state index contributed by atoms with van der Waals surface area (Å²) in [7, 11) is 0. The van der Waals surface area contributed by atoms with Crippen molar-refractivity contribution in [3.05, 3.63) is 18.2 Å². The lowest BCUT2D eigenvalue weighted by atomic mass is 9.98. The summed E-state index contributed by atoms with van der Waals surface area (Å²) in [6, 6.07) is 5.33. The molecule has 106 valence electrons. The van der Waals surface area contributed by atoms with Crippen LogP contribution >= 0.6 is 0 Å². The number of benzene rings is 1. The van der Waals surface area contributed by atoms with Crippen molar-refractivity contribution in [1.29, 1.82) is 0 Å². The van der Waals surface area contributed by atoms with Crippen LogP contribution < -0.4 is 20.1 Å². The largest absolute Gasteiger partial charge is 0.486 e. The lowest BCUT2D eigenvalue weighted by Gasteiger charge is -2.22. The molecule has 2 amide bonds. The van der Waals surface area contributed by atoms with Crippen molar-refractivity contribution in [2.24, 2.45) is 5.92 Å². The van der Waals surface area contributed by atoms with Gasteiger partial charge in [-0.2, -0.15) is 0 Å². The number of amides is 2. The Balaban J connectivity index is 1.65. The number of rotatable bonds is 2. The van der Waals surface area contributed by atoms with Crippen molar-refractivity contribution in [2.45, 2.75) is 12.8 Å². The van der Waals surface area contributed by atoms with Gasteiger partial charge < -0.3 is 20.1 Å². The van der Waals surface area contributed by atoms with Crippen molar-refractivity contribution in [1.82, 2.24) is 5.32 Å². The van der Waals surface area contributed by atoms with Crippen molar-refractivity contribution >= 4 is 17.5 Å². The van der Waals surface area contributed by atoms with E-state index in [4.69, 9.17) is 9.47 Å². The van der Waals surface area contributed by atoms with Crippen molar-refractivity contribution in [3.63, 3.8) is 0 Å². The Morgan fingerprint density at radius 1 is 1.25 bits per heavy atom. The van der Waals surface area contributed by atoms with Crippen molar-refractivity contribution in [2.75, 3.05) is 25.1 Å². The molecule has 1 aromatic carbocycles. The Morgan fingerprint density at radius 2 is 2.05 bits per heavy atom. The predicted molar refractivity (Wildman–Crippen MR) is 71.8 cm³/mol. The number of piperidine rings is 1. The second-order valence-corrected chi connectivity index (χ2v) is 4.89. The Bertz CT molecular complexity index is 534. The van der Waals surface area contributed by atoms with Crippen molar-refractivity contribution in [3.8, 4) is 11.5 Å². The third-order valence-electron chi connectivity index (χ3n) is 3.45. The third-order valence-corrected chi connectivity index (χ3v) is 3.45. The van der Waals surface area contributed by atoms with Gasteiger partial charge in [-0.1, -0.05) is 0 Å². The lowest BCUT2D eigenvalue weighted by molar-refractivity contribution is -0.126. The summed E-state index contributed by atoms with van der Waals surface area (Å²) in [6.45, 7) is 1.45. The van der Waals surface area contributed by atoms with Crippen LogP contribution in [0.2, 0.25) is 0 Å². The highest BCUT2D eigenvalue weighted by Gasteiger charge is 2.24. The highest BCUT2D eigenvalue weighted by atomic mass is 16.6. The molecule has 0 aliphatic carbocycles. The topological polar surface area (TPSA) is 76.7 Å². The number of carbonyl (C=O) groups excluding carboxylic acids is 2. The molecule has 0 radical (unpaired) electrons. The number of fused-ring (bicyclic) bond motifs is 1. The van der Waals surface area contributed by atoms with E-state index in [0.29, 0.717) is 49.8 Å². The smallest absolute Gasteiger partial charge is 0.229 e. The van der Waals surface area contributed by atoms with Crippen LogP contribution in [-0.4, -0.2) is 31.6 Å². The minimum atomic E-state index is -0.180.